The average Bonchev–Trinajstić information content (AvgIpc) is 2.78. The van der Waals surface area contributed by atoms with Crippen molar-refractivity contribution in [3.63, 3.8) is 0 Å². The van der Waals surface area contributed by atoms with Crippen LogP contribution in [-0.4, -0.2) is 51.6 Å². The standard InChI is InChI=1S/C12H24N2O2/c1-15-12-4-2-3-11(12)14-6-5-10-9-16-8-7-13-10/h10-14H,2-9H2,1H3. The SMILES string of the molecule is COC1CCCC1NCCC1COCCN1. The van der Waals surface area contributed by atoms with E-state index in [2.05, 4.69) is 10.6 Å². The van der Waals surface area contributed by atoms with E-state index in [0.29, 0.717) is 18.2 Å². The van der Waals surface area contributed by atoms with Crippen LogP contribution in [0.3, 0.4) is 0 Å². The van der Waals surface area contributed by atoms with Crippen molar-refractivity contribution >= 4 is 0 Å². The molecule has 2 N–H and O–H groups in total. The largest absolute Gasteiger partial charge is 0.380 e. The van der Waals surface area contributed by atoms with Crippen molar-refractivity contribution in [1.82, 2.24) is 10.6 Å². The van der Waals surface area contributed by atoms with Gasteiger partial charge in [-0.15, -0.1) is 0 Å². The number of nitrogens with one attached hydrogen (secondary N) is 2. The van der Waals surface area contributed by atoms with Gasteiger partial charge in [-0.25, -0.2) is 0 Å². The normalized spacial score (nSPS) is 35.4. The average molecular weight is 228 g/mol. The van der Waals surface area contributed by atoms with Crippen LogP contribution >= 0.6 is 0 Å². The van der Waals surface area contributed by atoms with Crippen LogP contribution in [0, 0.1) is 0 Å². The van der Waals surface area contributed by atoms with E-state index in [1.807, 2.05) is 7.11 Å². The number of rotatable bonds is 5. The zero-order valence-electron chi connectivity index (χ0n) is 10.2. The molecular formula is C12H24N2O2. The molecule has 4 nitrogen and oxygen atoms in total. The van der Waals surface area contributed by atoms with Crippen molar-refractivity contribution in [3.05, 3.63) is 0 Å². The van der Waals surface area contributed by atoms with E-state index in [4.69, 9.17) is 9.47 Å². The maximum Gasteiger partial charge on any atom is 0.0724 e. The number of methoxy groups -OCH3 is 1. The minimum absolute atomic E-state index is 0.426. The van der Waals surface area contributed by atoms with Crippen molar-refractivity contribution in [2.24, 2.45) is 0 Å². The lowest BCUT2D eigenvalue weighted by Gasteiger charge is -2.25. The zero-order valence-corrected chi connectivity index (χ0v) is 10.2. The van der Waals surface area contributed by atoms with Gasteiger partial charge in [0.2, 0.25) is 0 Å². The Kier molecular flexibility index (Phi) is 5.03. The second-order valence-electron chi connectivity index (χ2n) is 4.78. The molecule has 16 heavy (non-hydrogen) atoms. The summed E-state index contributed by atoms with van der Waals surface area (Å²) in [5.74, 6) is 0. The summed E-state index contributed by atoms with van der Waals surface area (Å²) in [6.07, 6.45) is 5.33. The smallest absolute Gasteiger partial charge is 0.0724 e. The van der Waals surface area contributed by atoms with Crippen LogP contribution < -0.4 is 10.6 Å². The van der Waals surface area contributed by atoms with Crippen molar-refractivity contribution < 1.29 is 9.47 Å². The van der Waals surface area contributed by atoms with E-state index < -0.39 is 0 Å². The van der Waals surface area contributed by atoms with Gasteiger partial charge in [-0.2, -0.15) is 0 Å². The molecule has 0 spiro atoms. The predicted octanol–water partition coefficient (Wildman–Crippen LogP) is 0.522. The molecule has 3 unspecified atom stereocenters. The molecule has 0 bridgehead atoms. The summed E-state index contributed by atoms with van der Waals surface area (Å²) in [6, 6.07) is 1.10. The fourth-order valence-electron chi connectivity index (χ4n) is 2.69. The highest BCUT2D eigenvalue weighted by molar-refractivity contribution is 4.84. The molecule has 1 saturated heterocycles. The van der Waals surface area contributed by atoms with Crippen molar-refractivity contribution in [2.75, 3.05) is 33.4 Å². The van der Waals surface area contributed by atoms with Crippen molar-refractivity contribution in [1.29, 1.82) is 0 Å². The topological polar surface area (TPSA) is 42.5 Å². The first-order valence-corrected chi connectivity index (χ1v) is 6.47. The van der Waals surface area contributed by atoms with Gasteiger partial charge in [0.1, 0.15) is 0 Å². The van der Waals surface area contributed by atoms with Crippen LogP contribution in [0.5, 0.6) is 0 Å². The number of morpholine rings is 1. The number of hydrogen-bond acceptors (Lipinski definition) is 4. The Bertz CT molecular complexity index is 195. The van der Waals surface area contributed by atoms with E-state index in [9.17, 15) is 0 Å². The predicted molar refractivity (Wildman–Crippen MR) is 63.7 cm³/mol. The van der Waals surface area contributed by atoms with Crippen molar-refractivity contribution in [2.45, 2.75) is 43.9 Å². The van der Waals surface area contributed by atoms with E-state index in [0.717, 1.165) is 32.7 Å². The monoisotopic (exact) mass is 228 g/mol. The lowest BCUT2D eigenvalue weighted by atomic mass is 10.1. The molecule has 1 aliphatic carbocycles. The van der Waals surface area contributed by atoms with Gasteiger partial charge in [0.25, 0.3) is 0 Å². The second-order valence-corrected chi connectivity index (χ2v) is 4.78. The Morgan fingerprint density at radius 2 is 2.38 bits per heavy atom. The third kappa shape index (κ3) is 3.42. The lowest BCUT2D eigenvalue weighted by molar-refractivity contribution is 0.0697. The molecule has 0 aromatic heterocycles. The zero-order chi connectivity index (χ0) is 11.2. The fourth-order valence-corrected chi connectivity index (χ4v) is 2.69. The second kappa shape index (κ2) is 6.55. The van der Waals surface area contributed by atoms with Crippen LogP contribution in [0.2, 0.25) is 0 Å². The highest BCUT2D eigenvalue weighted by Gasteiger charge is 2.26. The minimum atomic E-state index is 0.426. The third-order valence-corrected chi connectivity index (χ3v) is 3.65. The summed E-state index contributed by atoms with van der Waals surface area (Å²) in [7, 11) is 1.82. The summed E-state index contributed by atoms with van der Waals surface area (Å²) < 4.78 is 10.9. The highest BCUT2D eigenvalue weighted by atomic mass is 16.5. The fraction of sp³-hybridized carbons (Fsp3) is 1.00. The molecule has 0 radical (unpaired) electrons. The molecule has 1 saturated carbocycles. The lowest BCUT2D eigenvalue weighted by Crippen LogP contribution is -2.44. The molecule has 4 heteroatoms. The molecule has 1 heterocycles. The Morgan fingerprint density at radius 1 is 1.44 bits per heavy atom. The molecule has 2 rings (SSSR count). The van der Waals surface area contributed by atoms with E-state index in [-0.39, 0.29) is 0 Å². The summed E-state index contributed by atoms with van der Waals surface area (Å²) >= 11 is 0. The quantitative estimate of drug-likeness (QED) is 0.720. The summed E-state index contributed by atoms with van der Waals surface area (Å²) in [5, 5.41) is 7.08. The molecule has 0 aromatic carbocycles. The van der Waals surface area contributed by atoms with Crippen LogP contribution in [0.25, 0.3) is 0 Å². The molecule has 2 fully saturated rings. The van der Waals surface area contributed by atoms with Gasteiger partial charge in [0.05, 0.1) is 19.3 Å². The first-order valence-electron chi connectivity index (χ1n) is 6.47. The van der Waals surface area contributed by atoms with Gasteiger partial charge in [0, 0.05) is 25.7 Å². The van der Waals surface area contributed by atoms with E-state index in [1.54, 1.807) is 0 Å². The molecular weight excluding hydrogens is 204 g/mol. The minimum Gasteiger partial charge on any atom is -0.380 e. The van der Waals surface area contributed by atoms with Crippen LogP contribution in [0.4, 0.5) is 0 Å². The van der Waals surface area contributed by atoms with Gasteiger partial charge < -0.3 is 20.1 Å². The van der Waals surface area contributed by atoms with Crippen LogP contribution in [0.15, 0.2) is 0 Å². The molecule has 2 aliphatic rings. The van der Waals surface area contributed by atoms with E-state index >= 15 is 0 Å². The first-order chi connectivity index (χ1) is 7.90. The van der Waals surface area contributed by atoms with Gasteiger partial charge in [-0.05, 0) is 32.2 Å². The third-order valence-electron chi connectivity index (χ3n) is 3.65. The Balaban J connectivity index is 1.59. The summed E-state index contributed by atoms with van der Waals surface area (Å²) in [6.45, 7) is 3.78. The van der Waals surface area contributed by atoms with Gasteiger partial charge in [-0.1, -0.05) is 0 Å². The molecule has 0 amide bonds. The maximum atomic E-state index is 5.46. The first kappa shape index (κ1) is 12.3. The number of hydrogen-bond donors (Lipinski definition) is 2. The maximum absolute atomic E-state index is 5.46. The van der Waals surface area contributed by atoms with Crippen LogP contribution in [0.1, 0.15) is 25.7 Å². The van der Waals surface area contributed by atoms with Gasteiger partial charge in [0.15, 0.2) is 0 Å². The highest BCUT2D eigenvalue weighted by Crippen LogP contribution is 2.21. The van der Waals surface area contributed by atoms with Crippen molar-refractivity contribution in [3.8, 4) is 0 Å². The summed E-state index contributed by atoms with van der Waals surface area (Å²) in [4.78, 5) is 0. The van der Waals surface area contributed by atoms with Crippen LogP contribution in [-0.2, 0) is 9.47 Å². The number of ether oxygens (including phenoxy) is 2. The molecule has 3 atom stereocenters. The molecule has 0 aromatic rings. The van der Waals surface area contributed by atoms with Gasteiger partial charge >= 0.3 is 0 Å². The molecule has 94 valence electrons. The summed E-state index contributed by atoms with van der Waals surface area (Å²) in [5.41, 5.74) is 0. The Morgan fingerprint density at radius 3 is 3.12 bits per heavy atom. The Labute approximate surface area is 98.1 Å². The Hall–Kier alpha value is -0.160. The van der Waals surface area contributed by atoms with Gasteiger partial charge in [-0.3, -0.25) is 0 Å². The van der Waals surface area contributed by atoms with E-state index in [1.165, 1.54) is 19.3 Å². The molecule has 1 aliphatic heterocycles.